The van der Waals surface area contributed by atoms with Crippen LogP contribution in [0.15, 0.2) is 48.9 Å². The fourth-order valence-electron chi connectivity index (χ4n) is 2.56. The highest BCUT2D eigenvalue weighted by atomic mass is 35.5. The van der Waals surface area contributed by atoms with Crippen molar-refractivity contribution in [1.29, 1.82) is 0 Å². The third-order valence-electron chi connectivity index (χ3n) is 3.90. The molecule has 0 aliphatic carbocycles. The highest BCUT2D eigenvalue weighted by Crippen LogP contribution is 2.32. The Balaban J connectivity index is 1.88. The summed E-state index contributed by atoms with van der Waals surface area (Å²) in [7, 11) is 0. The zero-order chi connectivity index (χ0) is 20.6. The largest absolute Gasteiger partial charge is 0.436 e. The van der Waals surface area contributed by atoms with Crippen LogP contribution in [0.25, 0.3) is 16.9 Å². The lowest BCUT2D eigenvalue weighted by Crippen LogP contribution is -2.08. The van der Waals surface area contributed by atoms with Gasteiger partial charge in [0.05, 0.1) is 11.3 Å². The van der Waals surface area contributed by atoms with Gasteiger partial charge < -0.3 is 5.73 Å². The Morgan fingerprint density at radius 3 is 2.34 bits per heavy atom. The lowest BCUT2D eigenvalue weighted by atomic mass is 10.1. The molecule has 10 heteroatoms. The Labute approximate surface area is 167 Å². The van der Waals surface area contributed by atoms with E-state index in [2.05, 4.69) is 31.9 Å². The summed E-state index contributed by atoms with van der Waals surface area (Å²) in [5, 5.41) is 4.15. The summed E-state index contributed by atoms with van der Waals surface area (Å²) < 4.78 is 41.6. The molecule has 3 heterocycles. The van der Waals surface area contributed by atoms with E-state index in [0.717, 1.165) is 4.52 Å². The van der Waals surface area contributed by atoms with Crippen molar-refractivity contribution < 1.29 is 13.2 Å². The second-order valence-corrected chi connectivity index (χ2v) is 6.33. The van der Waals surface area contributed by atoms with Crippen LogP contribution in [0.2, 0.25) is 5.02 Å². The predicted molar refractivity (Wildman–Crippen MR) is 101 cm³/mol. The van der Waals surface area contributed by atoms with Crippen molar-refractivity contribution in [2.45, 2.75) is 6.18 Å². The number of anilines is 1. The van der Waals surface area contributed by atoms with Crippen molar-refractivity contribution in [1.82, 2.24) is 24.6 Å². The summed E-state index contributed by atoms with van der Waals surface area (Å²) in [6.07, 6.45) is -0.656. The maximum absolute atomic E-state index is 13.5. The van der Waals surface area contributed by atoms with Gasteiger partial charge in [0.2, 0.25) is 5.95 Å². The van der Waals surface area contributed by atoms with E-state index in [9.17, 15) is 13.2 Å². The number of hydrogen-bond acceptors (Lipinski definition) is 5. The predicted octanol–water partition coefficient (Wildman–Crippen LogP) is 3.84. The molecule has 0 atom stereocenters. The highest BCUT2D eigenvalue weighted by molar-refractivity contribution is 6.30. The Kier molecular flexibility index (Phi) is 4.56. The second kappa shape index (κ2) is 7.07. The monoisotopic (exact) mass is 414 g/mol. The van der Waals surface area contributed by atoms with E-state index in [1.807, 2.05) is 0 Å². The Morgan fingerprint density at radius 2 is 1.69 bits per heavy atom. The molecule has 0 fully saturated rings. The van der Waals surface area contributed by atoms with Gasteiger partial charge in [-0.15, -0.1) is 0 Å². The van der Waals surface area contributed by atoms with E-state index in [1.54, 1.807) is 30.3 Å². The maximum Gasteiger partial charge on any atom is 0.436 e. The number of nitrogen functional groups attached to an aromatic ring is 1. The molecular formula is C19H10ClF3N6. The molecule has 4 rings (SSSR count). The number of aromatic nitrogens is 5. The lowest BCUT2D eigenvalue weighted by molar-refractivity contribution is -0.141. The summed E-state index contributed by atoms with van der Waals surface area (Å²) in [4.78, 5) is 11.9. The van der Waals surface area contributed by atoms with E-state index < -0.39 is 11.9 Å². The van der Waals surface area contributed by atoms with Crippen LogP contribution in [0.4, 0.5) is 19.1 Å². The van der Waals surface area contributed by atoms with Gasteiger partial charge in [-0.1, -0.05) is 35.6 Å². The van der Waals surface area contributed by atoms with Crippen LogP contribution in [-0.2, 0) is 6.18 Å². The molecule has 144 valence electrons. The quantitative estimate of drug-likeness (QED) is 0.478. The van der Waals surface area contributed by atoms with Gasteiger partial charge >= 0.3 is 6.18 Å². The average Bonchev–Trinajstić information content (AvgIpc) is 3.06. The van der Waals surface area contributed by atoms with Gasteiger partial charge in [0, 0.05) is 29.2 Å². The fourth-order valence-corrected chi connectivity index (χ4v) is 2.69. The Bertz CT molecular complexity index is 1250. The number of nitrogens with two attached hydrogens (primary N) is 1. The Hall–Kier alpha value is -3.64. The smallest absolute Gasteiger partial charge is 0.368 e. The van der Waals surface area contributed by atoms with Crippen LogP contribution in [0.5, 0.6) is 0 Å². The van der Waals surface area contributed by atoms with E-state index in [0.29, 0.717) is 21.8 Å². The maximum atomic E-state index is 13.5. The molecular weight excluding hydrogens is 405 g/mol. The number of rotatable bonds is 1. The van der Waals surface area contributed by atoms with Crippen molar-refractivity contribution >= 4 is 23.2 Å². The lowest BCUT2D eigenvalue weighted by Gasteiger charge is -2.02. The first kappa shape index (κ1) is 18.7. The van der Waals surface area contributed by atoms with Crippen LogP contribution in [0.3, 0.4) is 0 Å². The van der Waals surface area contributed by atoms with E-state index >= 15 is 0 Å². The molecule has 29 heavy (non-hydrogen) atoms. The summed E-state index contributed by atoms with van der Waals surface area (Å²) in [5.74, 6) is 5.15. The molecule has 0 bridgehead atoms. The molecule has 2 N–H and O–H groups in total. The summed E-state index contributed by atoms with van der Waals surface area (Å²) in [6.45, 7) is 0. The van der Waals surface area contributed by atoms with E-state index in [4.69, 9.17) is 17.3 Å². The van der Waals surface area contributed by atoms with Crippen molar-refractivity contribution in [3.8, 4) is 23.1 Å². The van der Waals surface area contributed by atoms with Crippen molar-refractivity contribution in [2.24, 2.45) is 0 Å². The van der Waals surface area contributed by atoms with Crippen molar-refractivity contribution in [3.05, 3.63) is 70.8 Å². The molecule has 4 aromatic rings. The summed E-state index contributed by atoms with van der Waals surface area (Å²) >= 11 is 5.89. The van der Waals surface area contributed by atoms with Gasteiger partial charge in [-0.25, -0.2) is 19.5 Å². The minimum Gasteiger partial charge on any atom is -0.368 e. The van der Waals surface area contributed by atoms with E-state index in [-0.39, 0.29) is 17.2 Å². The normalized spacial score (nSPS) is 11.3. The first-order chi connectivity index (χ1) is 13.8. The minimum atomic E-state index is -4.70. The first-order valence-corrected chi connectivity index (χ1v) is 8.51. The summed E-state index contributed by atoms with van der Waals surface area (Å²) in [5.41, 5.74) is 5.38. The molecule has 0 aliphatic heterocycles. The van der Waals surface area contributed by atoms with Gasteiger partial charge in [0.15, 0.2) is 11.3 Å². The fraction of sp³-hybridized carbons (Fsp3) is 0.0526. The van der Waals surface area contributed by atoms with Crippen LogP contribution in [0, 0.1) is 11.8 Å². The van der Waals surface area contributed by atoms with Gasteiger partial charge in [0.25, 0.3) is 0 Å². The molecule has 0 unspecified atom stereocenters. The highest BCUT2D eigenvalue weighted by Gasteiger charge is 2.38. The number of alkyl halides is 3. The van der Waals surface area contributed by atoms with Gasteiger partial charge in [-0.2, -0.15) is 18.3 Å². The van der Waals surface area contributed by atoms with Gasteiger partial charge in [-0.05, 0) is 18.2 Å². The molecule has 6 nitrogen and oxygen atoms in total. The van der Waals surface area contributed by atoms with Crippen LogP contribution >= 0.6 is 11.6 Å². The van der Waals surface area contributed by atoms with E-state index in [1.165, 1.54) is 18.6 Å². The standard InChI is InChI=1S/C19H10ClF3N6/c20-13-4-2-12(3-5-13)15-7-8-29-17(27-15)14(16(28-29)19(21,22)23)6-1-11-9-25-18(24)26-10-11/h2-5,7-10H,(H2,24,25,26). The van der Waals surface area contributed by atoms with Crippen LogP contribution in [-0.4, -0.2) is 24.6 Å². The van der Waals surface area contributed by atoms with Gasteiger partial charge in [-0.3, -0.25) is 0 Å². The second-order valence-electron chi connectivity index (χ2n) is 5.89. The van der Waals surface area contributed by atoms with Crippen molar-refractivity contribution in [3.63, 3.8) is 0 Å². The zero-order valence-corrected chi connectivity index (χ0v) is 15.2. The molecule has 3 aromatic heterocycles. The first-order valence-electron chi connectivity index (χ1n) is 8.13. The third kappa shape index (κ3) is 3.83. The van der Waals surface area contributed by atoms with Gasteiger partial charge in [0.1, 0.15) is 5.56 Å². The number of hydrogen-bond donors (Lipinski definition) is 1. The number of fused-ring (bicyclic) bond motifs is 1. The third-order valence-corrected chi connectivity index (χ3v) is 4.15. The number of nitrogens with zero attached hydrogens (tertiary/aromatic N) is 5. The number of halogens is 4. The molecule has 0 aliphatic rings. The minimum absolute atomic E-state index is 0.0198. The van der Waals surface area contributed by atoms with Crippen LogP contribution in [0.1, 0.15) is 16.8 Å². The summed E-state index contributed by atoms with van der Waals surface area (Å²) in [6, 6.07) is 8.34. The average molecular weight is 415 g/mol. The molecule has 0 spiro atoms. The Morgan fingerprint density at radius 1 is 1.00 bits per heavy atom. The molecule has 0 saturated heterocycles. The molecule has 0 radical (unpaired) electrons. The topological polar surface area (TPSA) is 82.0 Å². The van der Waals surface area contributed by atoms with Crippen molar-refractivity contribution in [2.75, 3.05) is 5.73 Å². The molecule has 0 amide bonds. The SMILES string of the molecule is Nc1ncc(C#Cc2c(C(F)(F)F)nn3ccc(-c4ccc(Cl)cc4)nc23)cn1. The molecule has 0 saturated carbocycles. The molecule has 1 aromatic carbocycles. The van der Waals surface area contributed by atoms with Crippen LogP contribution < -0.4 is 5.73 Å². The number of benzene rings is 1. The zero-order valence-electron chi connectivity index (χ0n) is 14.4.